The van der Waals surface area contributed by atoms with E-state index < -0.39 is 6.10 Å². The minimum absolute atomic E-state index is 0.348. The second-order valence-electron chi connectivity index (χ2n) is 4.66. The molecule has 2 aromatic heterocycles. The fourth-order valence-corrected chi connectivity index (χ4v) is 2.72. The third-order valence-corrected chi connectivity index (χ3v) is 3.66. The predicted octanol–water partition coefficient (Wildman–Crippen LogP) is 1.64. The highest BCUT2D eigenvalue weighted by Gasteiger charge is 2.11. The topological polar surface area (TPSA) is 58.5 Å². The van der Waals surface area contributed by atoms with E-state index in [0.717, 1.165) is 16.4 Å². The quantitative estimate of drug-likeness (QED) is 0.841. The molecule has 2 rings (SSSR count). The van der Waals surface area contributed by atoms with Crippen LogP contribution in [0.15, 0.2) is 29.8 Å². The lowest BCUT2D eigenvalue weighted by Gasteiger charge is -2.18. The van der Waals surface area contributed by atoms with Gasteiger partial charge in [-0.2, -0.15) is 0 Å². The molecule has 5 nitrogen and oxygen atoms in total. The van der Waals surface area contributed by atoms with Gasteiger partial charge in [0.15, 0.2) is 0 Å². The number of hydrogen-bond acceptors (Lipinski definition) is 6. The van der Waals surface area contributed by atoms with Crippen LogP contribution in [-0.2, 0) is 11.3 Å². The third kappa shape index (κ3) is 4.35. The predicted molar refractivity (Wildman–Crippen MR) is 79.6 cm³/mol. The highest BCUT2D eigenvalue weighted by Crippen LogP contribution is 2.21. The molecule has 6 heteroatoms. The summed E-state index contributed by atoms with van der Waals surface area (Å²) in [6.07, 6.45) is 1.29. The van der Waals surface area contributed by atoms with Crippen LogP contribution in [0, 0.1) is 0 Å². The largest absolute Gasteiger partial charge is 0.389 e. The smallest absolute Gasteiger partial charge is 0.142 e. The van der Waals surface area contributed by atoms with E-state index in [0.29, 0.717) is 19.7 Å². The van der Waals surface area contributed by atoms with E-state index in [-0.39, 0.29) is 0 Å². The van der Waals surface area contributed by atoms with Gasteiger partial charge < -0.3 is 9.84 Å². The fraction of sp³-hybridized carbons (Fsp3) is 0.429. The molecule has 0 spiro atoms. The van der Waals surface area contributed by atoms with Gasteiger partial charge in [0.2, 0.25) is 0 Å². The summed E-state index contributed by atoms with van der Waals surface area (Å²) in [5.74, 6) is 0. The van der Waals surface area contributed by atoms with Gasteiger partial charge in [-0.1, -0.05) is 6.07 Å². The highest BCUT2D eigenvalue weighted by atomic mass is 32.1. The van der Waals surface area contributed by atoms with E-state index in [2.05, 4.69) is 9.97 Å². The molecular weight excluding hydrogens is 274 g/mol. The van der Waals surface area contributed by atoms with Crippen LogP contribution >= 0.6 is 11.3 Å². The lowest BCUT2D eigenvalue weighted by Crippen LogP contribution is -2.31. The van der Waals surface area contributed by atoms with Crippen molar-refractivity contribution in [1.29, 1.82) is 0 Å². The molecule has 0 saturated carbocycles. The fourth-order valence-electron chi connectivity index (χ4n) is 1.93. The summed E-state index contributed by atoms with van der Waals surface area (Å²) in [7, 11) is 3.54. The number of likely N-dealkylation sites (N-methyl/N-ethyl adjacent to an activating group) is 1. The zero-order chi connectivity index (χ0) is 14.4. The molecular formula is C14H19N3O2S. The summed E-state index contributed by atoms with van der Waals surface area (Å²) < 4.78 is 4.92. The third-order valence-electron chi connectivity index (χ3n) is 2.75. The second-order valence-corrected chi connectivity index (χ2v) is 5.52. The average molecular weight is 293 g/mol. The van der Waals surface area contributed by atoms with Gasteiger partial charge in [0.05, 0.1) is 24.1 Å². The van der Waals surface area contributed by atoms with Gasteiger partial charge in [-0.05, 0) is 19.2 Å². The molecule has 108 valence electrons. The van der Waals surface area contributed by atoms with Crippen molar-refractivity contribution < 1.29 is 9.84 Å². The zero-order valence-electron chi connectivity index (χ0n) is 11.7. The Labute approximate surface area is 122 Å². The number of hydrogen-bond donors (Lipinski definition) is 1. The van der Waals surface area contributed by atoms with Gasteiger partial charge in [0.25, 0.3) is 0 Å². The van der Waals surface area contributed by atoms with Gasteiger partial charge in [-0.3, -0.25) is 9.88 Å². The van der Waals surface area contributed by atoms with Crippen LogP contribution in [0.5, 0.6) is 0 Å². The lowest BCUT2D eigenvalue weighted by molar-refractivity contribution is 0.0417. The number of ether oxygens (including phenoxy) is 1. The molecule has 1 atom stereocenters. The maximum absolute atomic E-state index is 9.69. The molecule has 0 aliphatic heterocycles. The van der Waals surface area contributed by atoms with Crippen molar-refractivity contribution in [3.8, 4) is 10.7 Å². The molecule has 0 aromatic carbocycles. The van der Waals surface area contributed by atoms with Crippen LogP contribution in [0.4, 0.5) is 0 Å². The van der Waals surface area contributed by atoms with E-state index in [9.17, 15) is 5.11 Å². The molecule has 0 radical (unpaired) electrons. The number of aromatic nitrogens is 2. The first-order valence-corrected chi connectivity index (χ1v) is 7.28. The minimum Gasteiger partial charge on any atom is -0.389 e. The SMILES string of the molecule is COCC(O)CN(C)Cc1csc(-c2ccccn2)n1. The Morgan fingerprint density at radius 1 is 1.45 bits per heavy atom. The summed E-state index contributed by atoms with van der Waals surface area (Å²) in [5, 5.41) is 12.6. The molecule has 0 aliphatic carbocycles. The highest BCUT2D eigenvalue weighted by molar-refractivity contribution is 7.13. The molecule has 2 aromatic rings. The number of nitrogens with zero attached hydrogens (tertiary/aromatic N) is 3. The first kappa shape index (κ1) is 15.1. The Morgan fingerprint density at radius 3 is 3.00 bits per heavy atom. The molecule has 0 saturated heterocycles. The number of aliphatic hydroxyl groups excluding tert-OH is 1. The summed E-state index contributed by atoms with van der Waals surface area (Å²) in [5.41, 5.74) is 1.88. The number of methoxy groups -OCH3 is 1. The molecule has 2 heterocycles. The molecule has 20 heavy (non-hydrogen) atoms. The van der Waals surface area contributed by atoms with E-state index in [1.54, 1.807) is 24.6 Å². The summed E-state index contributed by atoms with van der Waals surface area (Å²) in [6.45, 7) is 1.61. The Bertz CT molecular complexity index is 518. The monoisotopic (exact) mass is 293 g/mol. The van der Waals surface area contributed by atoms with Crippen molar-refractivity contribution in [3.05, 3.63) is 35.5 Å². The summed E-state index contributed by atoms with van der Waals surface area (Å²) >= 11 is 1.59. The number of pyridine rings is 1. The van der Waals surface area contributed by atoms with E-state index in [1.807, 2.05) is 35.5 Å². The second kappa shape index (κ2) is 7.44. The number of thiazole rings is 1. The van der Waals surface area contributed by atoms with Crippen molar-refractivity contribution in [2.75, 3.05) is 27.3 Å². The summed E-state index contributed by atoms with van der Waals surface area (Å²) in [6, 6.07) is 5.80. The van der Waals surface area contributed by atoms with Gasteiger partial charge in [-0.15, -0.1) is 11.3 Å². The number of aliphatic hydroxyl groups is 1. The van der Waals surface area contributed by atoms with Gasteiger partial charge in [-0.25, -0.2) is 4.98 Å². The number of rotatable bonds is 7. The van der Waals surface area contributed by atoms with Gasteiger partial charge in [0, 0.05) is 31.8 Å². The molecule has 1 N–H and O–H groups in total. The van der Waals surface area contributed by atoms with Gasteiger partial charge in [0.1, 0.15) is 5.01 Å². The van der Waals surface area contributed by atoms with Crippen LogP contribution in [0.2, 0.25) is 0 Å². The molecule has 0 aliphatic rings. The normalized spacial score (nSPS) is 12.8. The Kier molecular flexibility index (Phi) is 5.60. The van der Waals surface area contributed by atoms with Crippen LogP contribution in [0.3, 0.4) is 0 Å². The molecule has 0 amide bonds. The zero-order valence-corrected chi connectivity index (χ0v) is 12.5. The Balaban J connectivity index is 1.93. The van der Waals surface area contributed by atoms with Crippen molar-refractivity contribution in [1.82, 2.24) is 14.9 Å². The Morgan fingerprint density at radius 2 is 2.30 bits per heavy atom. The van der Waals surface area contributed by atoms with Gasteiger partial charge >= 0.3 is 0 Å². The van der Waals surface area contributed by atoms with Crippen LogP contribution in [-0.4, -0.2) is 53.4 Å². The average Bonchev–Trinajstić information content (AvgIpc) is 2.88. The van der Waals surface area contributed by atoms with Crippen molar-refractivity contribution >= 4 is 11.3 Å². The summed E-state index contributed by atoms with van der Waals surface area (Å²) in [4.78, 5) is 10.9. The van der Waals surface area contributed by atoms with Crippen LogP contribution in [0.25, 0.3) is 10.7 Å². The van der Waals surface area contributed by atoms with E-state index in [4.69, 9.17) is 4.74 Å². The lowest BCUT2D eigenvalue weighted by atomic mass is 10.3. The van der Waals surface area contributed by atoms with Crippen LogP contribution < -0.4 is 0 Å². The van der Waals surface area contributed by atoms with Crippen LogP contribution in [0.1, 0.15) is 5.69 Å². The first-order valence-electron chi connectivity index (χ1n) is 6.40. The Hall–Kier alpha value is -1.34. The van der Waals surface area contributed by atoms with Crippen molar-refractivity contribution in [2.45, 2.75) is 12.6 Å². The molecule has 0 bridgehead atoms. The minimum atomic E-state index is -0.473. The van der Waals surface area contributed by atoms with E-state index >= 15 is 0 Å². The maximum atomic E-state index is 9.69. The standard InChI is InChI=1S/C14H19N3O2S/c1-17(8-12(18)9-19-2)7-11-10-20-14(16-11)13-5-3-4-6-15-13/h3-6,10,12,18H,7-9H2,1-2H3. The molecule has 0 fully saturated rings. The van der Waals surface area contributed by atoms with Crippen molar-refractivity contribution in [2.24, 2.45) is 0 Å². The van der Waals surface area contributed by atoms with Crippen molar-refractivity contribution in [3.63, 3.8) is 0 Å². The molecule has 1 unspecified atom stereocenters. The first-order chi connectivity index (χ1) is 9.69. The van der Waals surface area contributed by atoms with E-state index in [1.165, 1.54) is 0 Å². The maximum Gasteiger partial charge on any atom is 0.142 e.